The summed E-state index contributed by atoms with van der Waals surface area (Å²) in [5, 5.41) is 0. The van der Waals surface area contributed by atoms with Gasteiger partial charge in [0.05, 0.1) is 36.3 Å². The second kappa shape index (κ2) is 5.10. The van der Waals surface area contributed by atoms with E-state index in [1.54, 1.807) is 10.8 Å². The molecule has 2 aliphatic heterocycles. The van der Waals surface area contributed by atoms with Crippen LogP contribution in [0.15, 0.2) is 27.6 Å². The smallest absolute Gasteiger partial charge is 0.238 e. The van der Waals surface area contributed by atoms with Crippen LogP contribution in [0.3, 0.4) is 0 Å². The van der Waals surface area contributed by atoms with Gasteiger partial charge in [0.15, 0.2) is 11.5 Å². The Kier molecular flexibility index (Phi) is 3.53. The van der Waals surface area contributed by atoms with E-state index in [9.17, 15) is 9.59 Å². The molecule has 0 radical (unpaired) electrons. The first-order valence-electron chi connectivity index (χ1n) is 6.77. The van der Waals surface area contributed by atoms with Gasteiger partial charge in [-0.2, -0.15) is 0 Å². The van der Waals surface area contributed by atoms with E-state index < -0.39 is 5.41 Å². The standard InChI is InChI=1S/C15H16BrNO4/c1-15-5-3-4-6-21-10(15)8-17-7-9(16)12(18)13(20-2)11(17)14(15)19/h3-4,7,10H,5-6,8H2,1-2H3/t10-,15+/m0/s1. The van der Waals surface area contributed by atoms with Crippen LogP contribution in [-0.4, -0.2) is 30.2 Å². The summed E-state index contributed by atoms with van der Waals surface area (Å²) in [6.45, 7) is 2.92. The van der Waals surface area contributed by atoms with Crippen LogP contribution in [0.4, 0.5) is 0 Å². The van der Waals surface area contributed by atoms with Crippen LogP contribution in [0.5, 0.6) is 5.75 Å². The van der Waals surface area contributed by atoms with Gasteiger partial charge in [0, 0.05) is 6.20 Å². The molecule has 0 saturated carbocycles. The van der Waals surface area contributed by atoms with E-state index in [4.69, 9.17) is 9.47 Å². The second-order valence-electron chi connectivity index (χ2n) is 5.58. The molecule has 6 heteroatoms. The largest absolute Gasteiger partial charge is 0.491 e. The molecular weight excluding hydrogens is 338 g/mol. The molecule has 0 amide bonds. The number of fused-ring (bicyclic) bond motifs is 2. The van der Waals surface area contributed by atoms with Crippen molar-refractivity contribution in [2.24, 2.45) is 5.41 Å². The molecule has 0 unspecified atom stereocenters. The van der Waals surface area contributed by atoms with Gasteiger partial charge in [0.1, 0.15) is 5.69 Å². The van der Waals surface area contributed by atoms with Crippen LogP contribution in [0.25, 0.3) is 0 Å². The van der Waals surface area contributed by atoms with Crippen molar-refractivity contribution in [3.8, 4) is 5.75 Å². The molecule has 0 N–H and O–H groups in total. The quantitative estimate of drug-likeness (QED) is 0.726. The number of ether oxygens (including phenoxy) is 2. The maximum atomic E-state index is 13.0. The van der Waals surface area contributed by atoms with Gasteiger partial charge < -0.3 is 14.0 Å². The zero-order chi connectivity index (χ0) is 15.2. The first kappa shape index (κ1) is 14.5. The lowest BCUT2D eigenvalue weighted by atomic mass is 9.73. The van der Waals surface area contributed by atoms with Gasteiger partial charge in [-0.25, -0.2) is 0 Å². The first-order valence-corrected chi connectivity index (χ1v) is 7.56. The van der Waals surface area contributed by atoms with Crippen molar-refractivity contribution >= 4 is 21.7 Å². The molecule has 21 heavy (non-hydrogen) atoms. The Balaban J connectivity index is 2.22. The Labute approximate surface area is 130 Å². The predicted octanol–water partition coefficient (Wildman–Crippen LogP) is 2.17. The highest BCUT2D eigenvalue weighted by atomic mass is 79.9. The zero-order valence-electron chi connectivity index (χ0n) is 11.9. The number of carbonyl (C=O) groups excluding carboxylic acids is 1. The molecule has 0 bridgehead atoms. The molecule has 2 atom stereocenters. The third kappa shape index (κ3) is 2.08. The van der Waals surface area contributed by atoms with Gasteiger partial charge in [-0.3, -0.25) is 9.59 Å². The number of hydrogen-bond acceptors (Lipinski definition) is 4. The van der Waals surface area contributed by atoms with Gasteiger partial charge in [-0.1, -0.05) is 12.2 Å². The number of carbonyl (C=O) groups is 1. The number of nitrogens with zero attached hydrogens (tertiary/aromatic N) is 1. The van der Waals surface area contributed by atoms with Crippen molar-refractivity contribution in [1.29, 1.82) is 0 Å². The Morgan fingerprint density at radius 2 is 2.19 bits per heavy atom. The normalized spacial score (nSPS) is 27.8. The molecule has 2 aliphatic rings. The van der Waals surface area contributed by atoms with Crippen molar-refractivity contribution in [2.45, 2.75) is 26.0 Å². The summed E-state index contributed by atoms with van der Waals surface area (Å²) in [4.78, 5) is 25.2. The molecule has 1 aromatic rings. The van der Waals surface area contributed by atoms with Crippen molar-refractivity contribution in [2.75, 3.05) is 13.7 Å². The minimum atomic E-state index is -0.666. The van der Waals surface area contributed by atoms with Crippen molar-refractivity contribution in [3.05, 3.63) is 38.7 Å². The SMILES string of the molecule is COc1c2n(cc(Br)c1=O)C[C@@H]1OCC=CC[C@@]1(C)C2=O. The highest BCUT2D eigenvalue weighted by Gasteiger charge is 2.48. The van der Waals surface area contributed by atoms with Crippen LogP contribution in [0, 0.1) is 5.41 Å². The Bertz CT molecular complexity index is 694. The second-order valence-corrected chi connectivity index (χ2v) is 6.44. The third-order valence-corrected chi connectivity index (χ3v) is 4.87. The van der Waals surface area contributed by atoms with Crippen molar-refractivity contribution < 1.29 is 14.3 Å². The number of aromatic nitrogens is 1. The van der Waals surface area contributed by atoms with E-state index in [-0.39, 0.29) is 23.1 Å². The van der Waals surface area contributed by atoms with Crippen LogP contribution >= 0.6 is 15.9 Å². The fraction of sp³-hybridized carbons (Fsp3) is 0.467. The predicted molar refractivity (Wildman–Crippen MR) is 80.9 cm³/mol. The topological polar surface area (TPSA) is 57.5 Å². The fourth-order valence-electron chi connectivity index (χ4n) is 3.00. The number of rotatable bonds is 1. The van der Waals surface area contributed by atoms with E-state index in [1.165, 1.54) is 7.11 Å². The van der Waals surface area contributed by atoms with Crippen molar-refractivity contribution in [1.82, 2.24) is 4.57 Å². The third-order valence-electron chi connectivity index (χ3n) is 4.31. The number of hydrogen-bond donors (Lipinski definition) is 0. The highest BCUT2D eigenvalue weighted by molar-refractivity contribution is 9.10. The highest BCUT2D eigenvalue weighted by Crippen LogP contribution is 2.41. The average Bonchev–Trinajstić information content (AvgIpc) is 2.64. The van der Waals surface area contributed by atoms with E-state index in [2.05, 4.69) is 15.9 Å². The monoisotopic (exact) mass is 353 g/mol. The molecule has 0 aromatic carbocycles. The molecule has 3 rings (SSSR count). The average molecular weight is 354 g/mol. The number of ketones is 1. The van der Waals surface area contributed by atoms with Gasteiger partial charge in [-0.15, -0.1) is 0 Å². The lowest BCUT2D eigenvalue weighted by molar-refractivity contribution is -0.0235. The minimum Gasteiger partial charge on any atom is -0.491 e. The number of halogens is 1. The Hall–Kier alpha value is -1.40. The summed E-state index contributed by atoms with van der Waals surface area (Å²) >= 11 is 3.22. The molecule has 112 valence electrons. The lowest BCUT2D eigenvalue weighted by Gasteiger charge is -2.40. The van der Waals surface area contributed by atoms with E-state index in [0.29, 0.717) is 29.7 Å². The molecule has 0 spiro atoms. The summed E-state index contributed by atoms with van der Waals surface area (Å²) in [7, 11) is 1.41. The summed E-state index contributed by atoms with van der Waals surface area (Å²) in [5.41, 5.74) is -0.631. The molecule has 0 saturated heterocycles. The number of pyridine rings is 1. The molecule has 0 fully saturated rings. The summed E-state index contributed by atoms with van der Waals surface area (Å²) < 4.78 is 13.2. The number of Topliss-reactive ketones (excluding diaryl/α,β-unsaturated/α-hetero) is 1. The van der Waals surface area contributed by atoms with Gasteiger partial charge >= 0.3 is 0 Å². The van der Waals surface area contributed by atoms with Crippen LogP contribution in [-0.2, 0) is 11.3 Å². The molecule has 3 heterocycles. The Morgan fingerprint density at radius 3 is 2.90 bits per heavy atom. The summed E-state index contributed by atoms with van der Waals surface area (Å²) in [6, 6.07) is 0. The summed E-state index contributed by atoms with van der Waals surface area (Å²) in [5.74, 6) is -0.00553. The minimum absolute atomic E-state index is 0.0993. The van der Waals surface area contributed by atoms with E-state index in [1.807, 2.05) is 19.1 Å². The number of methoxy groups -OCH3 is 1. The lowest BCUT2D eigenvalue weighted by Crippen LogP contribution is -2.49. The first-order chi connectivity index (χ1) is 9.99. The van der Waals surface area contributed by atoms with Gasteiger partial charge in [-0.05, 0) is 29.3 Å². The van der Waals surface area contributed by atoms with E-state index >= 15 is 0 Å². The Morgan fingerprint density at radius 1 is 1.43 bits per heavy atom. The maximum absolute atomic E-state index is 13.0. The van der Waals surface area contributed by atoms with Gasteiger partial charge in [0.25, 0.3) is 0 Å². The fourth-order valence-corrected chi connectivity index (χ4v) is 3.43. The van der Waals surface area contributed by atoms with Gasteiger partial charge in [0.2, 0.25) is 5.43 Å². The molecule has 5 nitrogen and oxygen atoms in total. The summed E-state index contributed by atoms with van der Waals surface area (Å²) in [6.07, 6.45) is 5.92. The van der Waals surface area contributed by atoms with Crippen LogP contribution in [0.1, 0.15) is 23.8 Å². The van der Waals surface area contributed by atoms with Crippen LogP contribution < -0.4 is 10.2 Å². The van der Waals surface area contributed by atoms with E-state index in [0.717, 1.165) is 0 Å². The zero-order valence-corrected chi connectivity index (χ0v) is 13.5. The number of allylic oxidation sites excluding steroid dienone is 1. The molecule has 1 aromatic heterocycles. The molecular formula is C15H16BrNO4. The van der Waals surface area contributed by atoms with Crippen molar-refractivity contribution in [3.63, 3.8) is 0 Å². The van der Waals surface area contributed by atoms with Crippen LogP contribution in [0.2, 0.25) is 0 Å². The molecule has 0 aliphatic carbocycles. The maximum Gasteiger partial charge on any atom is 0.238 e.